The summed E-state index contributed by atoms with van der Waals surface area (Å²) in [6.07, 6.45) is -1.39. The van der Waals surface area contributed by atoms with Gasteiger partial charge in [0.2, 0.25) is 5.91 Å². The van der Waals surface area contributed by atoms with E-state index in [1.54, 1.807) is 0 Å². The maximum Gasteiger partial charge on any atom is 0.326 e. The van der Waals surface area contributed by atoms with Gasteiger partial charge in [-0.15, -0.1) is 0 Å². The van der Waals surface area contributed by atoms with Crippen molar-refractivity contribution in [3.05, 3.63) is 0 Å². The molecule has 5 heteroatoms. The summed E-state index contributed by atoms with van der Waals surface area (Å²) in [5, 5.41) is 10.7. The van der Waals surface area contributed by atoms with Gasteiger partial charge in [0.05, 0.1) is 0 Å². The van der Waals surface area contributed by atoms with Crippen LogP contribution in [-0.4, -0.2) is 35.0 Å². The topological polar surface area (TPSA) is 66.4 Å². The fourth-order valence-electron chi connectivity index (χ4n) is 0.481. The number of carbonyl (C=O) groups is 2. The predicted octanol–water partition coefficient (Wildman–Crippen LogP) is 0.329. The van der Waals surface area contributed by atoms with Gasteiger partial charge in [-0.2, -0.15) is 11.8 Å². The van der Waals surface area contributed by atoms with Crippen LogP contribution < -0.4 is 5.32 Å². The van der Waals surface area contributed by atoms with Gasteiger partial charge in [-0.3, -0.25) is 4.79 Å². The standard InChI is InChI=1S/C7H13NO3S/c1-5(9)8-6(7(10)11)3-4-12-2/h6H,3-4H2,1-2H3,(H,8,9)(H,10,11)/t6-/m1/s1/i3D2,4D2. The summed E-state index contributed by atoms with van der Waals surface area (Å²) < 4.78 is 29.7. The molecule has 0 aliphatic rings. The van der Waals surface area contributed by atoms with E-state index in [1.165, 1.54) is 6.26 Å². The molecule has 0 rings (SSSR count). The molecule has 0 aliphatic heterocycles. The second kappa shape index (κ2) is 5.88. The number of carboxylic acids is 1. The molecular weight excluding hydrogens is 178 g/mol. The monoisotopic (exact) mass is 195 g/mol. The fraction of sp³-hybridized carbons (Fsp3) is 0.714. The number of aliphatic carboxylic acids is 1. The van der Waals surface area contributed by atoms with Crippen LogP contribution in [0.5, 0.6) is 0 Å². The van der Waals surface area contributed by atoms with E-state index in [1.807, 2.05) is 5.32 Å². The SMILES string of the molecule is [2H]C([2H])(SC)C([2H])([2H])[C@@H](NC(C)=O)C(=O)O. The minimum absolute atomic E-state index is 0.551. The first kappa shape index (κ1) is 5.85. The molecule has 0 radical (unpaired) electrons. The highest BCUT2D eigenvalue weighted by molar-refractivity contribution is 7.98. The van der Waals surface area contributed by atoms with Crippen LogP contribution in [0.2, 0.25) is 0 Å². The van der Waals surface area contributed by atoms with Gasteiger partial charge in [0.1, 0.15) is 6.04 Å². The van der Waals surface area contributed by atoms with Crippen LogP contribution in [0, 0.1) is 0 Å². The van der Waals surface area contributed by atoms with Crippen LogP contribution in [0.15, 0.2) is 0 Å². The maximum absolute atomic E-state index is 10.8. The second-order valence-corrected chi connectivity index (χ2v) is 2.53. The van der Waals surface area contributed by atoms with E-state index in [-0.39, 0.29) is 0 Å². The Morgan fingerprint density at radius 3 is 2.67 bits per heavy atom. The summed E-state index contributed by atoms with van der Waals surface area (Å²) in [7, 11) is 0. The Hall–Kier alpha value is -0.710. The minimum atomic E-state index is -2.72. The number of nitrogens with one attached hydrogen (secondary N) is 1. The zero-order chi connectivity index (χ0) is 13.1. The predicted molar refractivity (Wildman–Crippen MR) is 48.2 cm³/mol. The summed E-state index contributed by atoms with van der Waals surface area (Å²) in [5.41, 5.74) is -2.42. The van der Waals surface area contributed by atoms with Gasteiger partial charge in [0, 0.05) is 12.4 Å². The molecule has 0 heterocycles. The highest BCUT2D eigenvalue weighted by Gasteiger charge is 2.16. The Kier molecular flexibility index (Phi) is 2.87. The Balaban J connectivity index is 5.19. The van der Waals surface area contributed by atoms with Gasteiger partial charge in [-0.1, -0.05) is 0 Å². The molecule has 0 aromatic heterocycles. The van der Waals surface area contributed by atoms with Gasteiger partial charge in [0.15, 0.2) is 0 Å². The molecule has 2 N–H and O–H groups in total. The van der Waals surface area contributed by atoms with Gasteiger partial charge >= 0.3 is 5.97 Å². The van der Waals surface area contributed by atoms with Gasteiger partial charge < -0.3 is 10.4 Å². The number of carboxylic acid groups (broad SMARTS) is 1. The molecule has 1 amide bonds. The first-order chi connectivity index (χ1) is 7.06. The number of hydrogen-bond donors (Lipinski definition) is 2. The molecule has 0 bridgehead atoms. The maximum atomic E-state index is 10.8. The second-order valence-electron chi connectivity index (χ2n) is 1.92. The molecule has 1 atom stereocenters. The molecule has 0 fully saturated rings. The van der Waals surface area contributed by atoms with E-state index in [0.29, 0.717) is 11.8 Å². The highest BCUT2D eigenvalue weighted by atomic mass is 32.2. The van der Waals surface area contributed by atoms with Gasteiger partial charge in [-0.25, -0.2) is 4.79 Å². The smallest absolute Gasteiger partial charge is 0.326 e. The van der Waals surface area contributed by atoms with Crippen molar-refractivity contribution in [3.63, 3.8) is 0 Å². The summed E-state index contributed by atoms with van der Waals surface area (Å²) in [5.74, 6) is -2.34. The zero-order valence-electron chi connectivity index (χ0n) is 10.7. The Morgan fingerprint density at radius 1 is 1.75 bits per heavy atom. The summed E-state index contributed by atoms with van der Waals surface area (Å²) in [6, 6.07) is -1.92. The van der Waals surface area contributed by atoms with Crippen molar-refractivity contribution in [2.45, 2.75) is 19.3 Å². The summed E-state index contributed by atoms with van der Waals surface area (Å²) in [6.45, 7) is 1.04. The average Bonchev–Trinajstić information content (AvgIpc) is 2.12. The van der Waals surface area contributed by atoms with Crippen LogP contribution in [0.4, 0.5) is 0 Å². The zero-order valence-corrected chi connectivity index (χ0v) is 7.57. The molecule has 0 unspecified atom stereocenters. The van der Waals surface area contributed by atoms with E-state index < -0.39 is 30.0 Å². The quantitative estimate of drug-likeness (QED) is 0.663. The molecular formula is C7H13NO3S. The Morgan fingerprint density at radius 2 is 2.33 bits per heavy atom. The van der Waals surface area contributed by atoms with Crippen molar-refractivity contribution < 1.29 is 20.2 Å². The van der Waals surface area contributed by atoms with Gasteiger partial charge in [-0.05, 0) is 18.3 Å². The van der Waals surface area contributed by atoms with Crippen molar-refractivity contribution >= 4 is 23.6 Å². The number of amides is 1. The van der Waals surface area contributed by atoms with Crippen LogP contribution in [0.1, 0.15) is 18.8 Å². The first-order valence-corrected chi connectivity index (χ1v) is 4.33. The van der Waals surface area contributed by atoms with Crippen LogP contribution in [-0.2, 0) is 9.59 Å². The minimum Gasteiger partial charge on any atom is -0.480 e. The molecule has 12 heavy (non-hydrogen) atoms. The van der Waals surface area contributed by atoms with E-state index >= 15 is 0 Å². The third-order valence-electron chi connectivity index (χ3n) is 0.900. The van der Waals surface area contributed by atoms with E-state index in [0.717, 1.165) is 6.92 Å². The lowest BCUT2D eigenvalue weighted by Crippen LogP contribution is -2.39. The lowest BCUT2D eigenvalue weighted by Gasteiger charge is -2.11. The van der Waals surface area contributed by atoms with Crippen LogP contribution in [0.25, 0.3) is 0 Å². The molecule has 0 aromatic rings. The summed E-state index contributed by atoms with van der Waals surface area (Å²) in [4.78, 5) is 21.6. The van der Waals surface area contributed by atoms with Crippen molar-refractivity contribution in [3.8, 4) is 0 Å². The molecule has 0 aliphatic carbocycles. The average molecular weight is 195 g/mol. The van der Waals surface area contributed by atoms with Crippen molar-refractivity contribution in [1.82, 2.24) is 5.32 Å². The van der Waals surface area contributed by atoms with Crippen LogP contribution >= 0.6 is 11.8 Å². The lowest BCUT2D eigenvalue weighted by atomic mass is 10.2. The normalized spacial score (nSPS) is 19.5. The Labute approximate surface area is 81.3 Å². The van der Waals surface area contributed by atoms with E-state index in [2.05, 4.69) is 0 Å². The molecule has 70 valence electrons. The molecule has 0 saturated carbocycles. The van der Waals surface area contributed by atoms with Crippen molar-refractivity contribution in [2.24, 2.45) is 0 Å². The molecule has 4 nitrogen and oxygen atoms in total. The molecule has 0 aromatic carbocycles. The lowest BCUT2D eigenvalue weighted by molar-refractivity contribution is -0.141. The number of thioether (sulfide) groups is 1. The fourth-order valence-corrected chi connectivity index (χ4v) is 0.716. The number of hydrogen-bond acceptors (Lipinski definition) is 3. The first-order valence-electron chi connectivity index (χ1n) is 5.11. The summed E-state index contributed by atoms with van der Waals surface area (Å²) >= 11 is 0.551. The van der Waals surface area contributed by atoms with Gasteiger partial charge in [0.25, 0.3) is 0 Å². The largest absolute Gasteiger partial charge is 0.480 e. The van der Waals surface area contributed by atoms with E-state index in [9.17, 15) is 9.59 Å². The van der Waals surface area contributed by atoms with Crippen LogP contribution in [0.3, 0.4) is 0 Å². The third-order valence-corrected chi connectivity index (χ3v) is 1.22. The highest BCUT2D eigenvalue weighted by Crippen LogP contribution is 2.00. The van der Waals surface area contributed by atoms with E-state index in [4.69, 9.17) is 10.6 Å². The number of rotatable bonds is 5. The van der Waals surface area contributed by atoms with Crippen molar-refractivity contribution in [1.29, 1.82) is 0 Å². The molecule has 0 saturated heterocycles. The third kappa shape index (κ3) is 5.01. The Bertz CT molecular complexity index is 297. The number of carbonyl (C=O) groups excluding carboxylic acids is 1. The molecule has 0 spiro atoms. The van der Waals surface area contributed by atoms with Crippen molar-refractivity contribution in [2.75, 3.05) is 12.0 Å².